The summed E-state index contributed by atoms with van der Waals surface area (Å²) >= 11 is 0. The Morgan fingerprint density at radius 2 is 2.14 bits per heavy atom. The van der Waals surface area contributed by atoms with Gasteiger partial charge in [0, 0.05) is 24.8 Å². The summed E-state index contributed by atoms with van der Waals surface area (Å²) < 4.78 is 9.98. The number of aryl methyl sites for hydroxylation is 1. The number of aromatic nitrogens is 3. The maximum absolute atomic E-state index is 12.2. The second-order valence-electron chi connectivity index (χ2n) is 4.63. The van der Waals surface area contributed by atoms with Crippen LogP contribution in [0.3, 0.4) is 0 Å². The van der Waals surface area contributed by atoms with Crippen LogP contribution in [0.1, 0.15) is 16.2 Å². The molecule has 0 aromatic carbocycles. The lowest BCUT2D eigenvalue weighted by Gasteiger charge is -2.27. The van der Waals surface area contributed by atoms with Gasteiger partial charge in [-0.2, -0.15) is 0 Å². The van der Waals surface area contributed by atoms with Crippen LogP contribution in [0.5, 0.6) is 0 Å². The highest BCUT2D eigenvalue weighted by Crippen LogP contribution is 2.13. The van der Waals surface area contributed by atoms with E-state index in [-0.39, 0.29) is 5.91 Å². The smallest absolute Gasteiger partial charge is 0.275 e. The number of carbonyl (C=O) groups excluding carboxylic acids is 1. The zero-order valence-electron chi connectivity index (χ0n) is 11.6. The molecule has 110 valence electrons. The van der Waals surface area contributed by atoms with Crippen molar-refractivity contribution in [1.29, 1.82) is 0 Å². The van der Waals surface area contributed by atoms with E-state index < -0.39 is 0 Å². The molecule has 21 heavy (non-hydrogen) atoms. The third-order valence-corrected chi connectivity index (χ3v) is 3.05. The van der Waals surface area contributed by atoms with E-state index in [4.69, 9.17) is 4.74 Å². The molecule has 0 unspecified atom stereocenters. The zero-order valence-corrected chi connectivity index (χ0v) is 11.6. The van der Waals surface area contributed by atoms with Crippen molar-refractivity contribution in [3.8, 4) is 0 Å². The van der Waals surface area contributed by atoms with Crippen LogP contribution in [-0.4, -0.2) is 47.3 Å². The first-order valence-corrected chi connectivity index (χ1v) is 6.62. The van der Waals surface area contributed by atoms with Gasteiger partial charge in [-0.3, -0.25) is 4.79 Å². The fourth-order valence-electron chi connectivity index (χ4n) is 2.03. The van der Waals surface area contributed by atoms with Crippen molar-refractivity contribution < 1.29 is 14.1 Å². The SMILES string of the molecule is Cc1cc(C(=O)Nc2ccon2)nc(N2CCOCC2)n1. The Bertz CT molecular complexity index is 623. The van der Waals surface area contributed by atoms with Crippen molar-refractivity contribution in [3.63, 3.8) is 0 Å². The molecule has 1 amide bonds. The van der Waals surface area contributed by atoms with Crippen LogP contribution in [0, 0.1) is 6.92 Å². The topological polar surface area (TPSA) is 93.4 Å². The van der Waals surface area contributed by atoms with Crippen LogP contribution in [0.15, 0.2) is 22.9 Å². The lowest BCUT2D eigenvalue weighted by Crippen LogP contribution is -2.37. The van der Waals surface area contributed by atoms with E-state index in [1.165, 1.54) is 6.26 Å². The zero-order chi connectivity index (χ0) is 14.7. The Hall–Kier alpha value is -2.48. The first-order chi connectivity index (χ1) is 10.2. The number of nitrogens with zero attached hydrogens (tertiary/aromatic N) is 4. The number of hydrogen-bond donors (Lipinski definition) is 1. The number of ether oxygens (including phenoxy) is 1. The van der Waals surface area contributed by atoms with Gasteiger partial charge in [0.25, 0.3) is 5.91 Å². The minimum Gasteiger partial charge on any atom is -0.378 e. The number of hydrogen-bond acceptors (Lipinski definition) is 7. The quantitative estimate of drug-likeness (QED) is 0.895. The minimum atomic E-state index is -0.344. The number of nitrogens with one attached hydrogen (secondary N) is 1. The first kappa shape index (κ1) is 13.5. The first-order valence-electron chi connectivity index (χ1n) is 6.62. The van der Waals surface area contributed by atoms with Crippen LogP contribution in [0.25, 0.3) is 0 Å². The number of carbonyl (C=O) groups is 1. The van der Waals surface area contributed by atoms with Crippen LogP contribution < -0.4 is 10.2 Å². The lowest BCUT2D eigenvalue weighted by molar-refractivity contribution is 0.102. The molecule has 0 aliphatic carbocycles. The highest BCUT2D eigenvalue weighted by Gasteiger charge is 2.17. The predicted octanol–water partition coefficient (Wildman–Crippen LogP) is 0.862. The molecule has 0 radical (unpaired) electrons. The molecule has 1 saturated heterocycles. The summed E-state index contributed by atoms with van der Waals surface area (Å²) in [5, 5.41) is 6.26. The van der Waals surface area contributed by atoms with E-state index in [9.17, 15) is 4.79 Å². The maximum atomic E-state index is 12.2. The fourth-order valence-corrected chi connectivity index (χ4v) is 2.03. The normalized spacial score (nSPS) is 15.0. The van der Waals surface area contributed by atoms with E-state index in [0.717, 1.165) is 5.69 Å². The average Bonchev–Trinajstić information content (AvgIpc) is 3.00. The van der Waals surface area contributed by atoms with Crippen LogP contribution in [0.4, 0.5) is 11.8 Å². The van der Waals surface area contributed by atoms with Crippen molar-refractivity contribution in [1.82, 2.24) is 15.1 Å². The molecule has 1 N–H and O–H groups in total. The third-order valence-electron chi connectivity index (χ3n) is 3.05. The van der Waals surface area contributed by atoms with Crippen LogP contribution >= 0.6 is 0 Å². The summed E-state index contributed by atoms with van der Waals surface area (Å²) in [5.74, 6) is 0.553. The fraction of sp³-hybridized carbons (Fsp3) is 0.385. The van der Waals surface area contributed by atoms with Crippen molar-refractivity contribution in [2.75, 3.05) is 36.5 Å². The number of rotatable bonds is 3. The molecule has 8 nitrogen and oxygen atoms in total. The summed E-state index contributed by atoms with van der Waals surface area (Å²) in [6.45, 7) is 4.54. The summed E-state index contributed by atoms with van der Waals surface area (Å²) in [5.41, 5.74) is 1.03. The van der Waals surface area contributed by atoms with Gasteiger partial charge in [-0.1, -0.05) is 5.16 Å². The Morgan fingerprint density at radius 3 is 2.86 bits per heavy atom. The van der Waals surface area contributed by atoms with Gasteiger partial charge in [-0.05, 0) is 13.0 Å². The Balaban J connectivity index is 1.81. The highest BCUT2D eigenvalue weighted by molar-refractivity contribution is 6.02. The maximum Gasteiger partial charge on any atom is 0.275 e. The van der Waals surface area contributed by atoms with Crippen molar-refractivity contribution in [3.05, 3.63) is 29.8 Å². The van der Waals surface area contributed by atoms with Crippen LogP contribution in [0.2, 0.25) is 0 Å². The van der Waals surface area contributed by atoms with Gasteiger partial charge in [0.15, 0.2) is 5.82 Å². The van der Waals surface area contributed by atoms with Gasteiger partial charge in [0.1, 0.15) is 12.0 Å². The van der Waals surface area contributed by atoms with E-state index in [1.54, 1.807) is 12.1 Å². The standard InChI is InChI=1S/C13H15N5O3/c1-9-8-10(12(19)16-11-2-5-21-17-11)15-13(14-9)18-3-6-20-7-4-18/h2,5,8H,3-4,6-7H2,1H3,(H,16,17,19). The minimum absolute atomic E-state index is 0.298. The second-order valence-corrected chi connectivity index (χ2v) is 4.63. The van der Waals surface area contributed by atoms with Crippen LogP contribution in [-0.2, 0) is 4.74 Å². The highest BCUT2D eigenvalue weighted by atomic mass is 16.5. The Kier molecular flexibility index (Phi) is 3.78. The Morgan fingerprint density at radius 1 is 1.33 bits per heavy atom. The molecular weight excluding hydrogens is 274 g/mol. The second kappa shape index (κ2) is 5.88. The molecular formula is C13H15N5O3. The molecule has 0 bridgehead atoms. The molecule has 1 fully saturated rings. The van der Waals surface area contributed by atoms with Gasteiger partial charge in [-0.25, -0.2) is 9.97 Å². The van der Waals surface area contributed by atoms with E-state index in [1.807, 2.05) is 11.8 Å². The molecule has 3 rings (SSSR count). The summed E-state index contributed by atoms with van der Waals surface area (Å²) in [7, 11) is 0. The van der Waals surface area contributed by atoms with Gasteiger partial charge in [-0.15, -0.1) is 0 Å². The van der Waals surface area contributed by atoms with Crippen molar-refractivity contribution >= 4 is 17.7 Å². The lowest BCUT2D eigenvalue weighted by atomic mass is 10.3. The largest absolute Gasteiger partial charge is 0.378 e. The third kappa shape index (κ3) is 3.16. The van der Waals surface area contributed by atoms with Gasteiger partial charge in [0.05, 0.1) is 13.2 Å². The van der Waals surface area contributed by atoms with Crippen molar-refractivity contribution in [2.24, 2.45) is 0 Å². The molecule has 1 aliphatic rings. The molecule has 0 atom stereocenters. The number of amides is 1. The van der Waals surface area contributed by atoms with Gasteiger partial charge in [0.2, 0.25) is 5.95 Å². The molecule has 1 aliphatic heterocycles. The number of anilines is 2. The molecule has 0 saturated carbocycles. The van der Waals surface area contributed by atoms with E-state index in [0.29, 0.717) is 43.8 Å². The van der Waals surface area contributed by atoms with Gasteiger partial charge < -0.3 is 19.5 Å². The number of morpholine rings is 1. The molecule has 0 spiro atoms. The molecule has 8 heteroatoms. The van der Waals surface area contributed by atoms with Crippen molar-refractivity contribution in [2.45, 2.75) is 6.92 Å². The van der Waals surface area contributed by atoms with E-state index >= 15 is 0 Å². The summed E-state index contributed by atoms with van der Waals surface area (Å²) in [6.07, 6.45) is 1.39. The Labute approximate surface area is 121 Å². The van der Waals surface area contributed by atoms with E-state index in [2.05, 4.69) is 25.0 Å². The predicted molar refractivity (Wildman–Crippen MR) is 74.3 cm³/mol. The van der Waals surface area contributed by atoms with Gasteiger partial charge >= 0.3 is 0 Å². The molecule has 3 heterocycles. The summed E-state index contributed by atoms with van der Waals surface area (Å²) in [6, 6.07) is 3.20. The monoisotopic (exact) mass is 289 g/mol. The average molecular weight is 289 g/mol. The molecule has 2 aromatic heterocycles. The molecule has 2 aromatic rings. The summed E-state index contributed by atoms with van der Waals surface area (Å²) in [4.78, 5) is 22.9.